The van der Waals surface area contributed by atoms with Crippen LogP contribution in [-0.2, 0) is 14.3 Å². The number of hydrogen-bond acceptors (Lipinski definition) is 4. The van der Waals surface area contributed by atoms with E-state index in [0.29, 0.717) is 12.0 Å². The van der Waals surface area contributed by atoms with Crippen molar-refractivity contribution in [2.75, 3.05) is 6.61 Å². The van der Waals surface area contributed by atoms with Crippen LogP contribution in [0.25, 0.3) is 0 Å². The Balaban J connectivity index is 1.80. The third kappa shape index (κ3) is 2.34. The van der Waals surface area contributed by atoms with Crippen LogP contribution in [0.5, 0.6) is 0 Å². The number of carbonyl (C=O) groups is 2. The van der Waals surface area contributed by atoms with Crippen molar-refractivity contribution in [1.29, 1.82) is 0 Å². The molecule has 2 rings (SSSR count). The molecule has 4 nitrogen and oxygen atoms in total. The van der Waals surface area contributed by atoms with Gasteiger partial charge in [-0.1, -0.05) is 18.2 Å². The van der Waals surface area contributed by atoms with Gasteiger partial charge in [-0.25, -0.2) is 4.79 Å². The molecule has 0 bridgehead atoms. The normalized spacial score (nSPS) is 18.9. The molecule has 0 aromatic heterocycles. The van der Waals surface area contributed by atoms with Crippen molar-refractivity contribution in [3.8, 4) is 0 Å². The Labute approximate surface area is 86.8 Å². The van der Waals surface area contributed by atoms with E-state index < -0.39 is 5.97 Å². The molecule has 4 heteroatoms. The standard InChI is InChI=1S/C11H10O4/c12-10-6-9(15-10)7-14-11(13)8-4-2-1-3-5-8/h1-5,9H,6-7H2/t9-/m1/s1. The van der Waals surface area contributed by atoms with Crippen LogP contribution in [0.3, 0.4) is 0 Å². The lowest BCUT2D eigenvalue weighted by atomic mass is 10.2. The van der Waals surface area contributed by atoms with Crippen LogP contribution < -0.4 is 0 Å². The highest BCUT2D eigenvalue weighted by Gasteiger charge is 2.29. The van der Waals surface area contributed by atoms with Gasteiger partial charge in [0, 0.05) is 0 Å². The summed E-state index contributed by atoms with van der Waals surface area (Å²) in [6.07, 6.45) is 0.0763. The smallest absolute Gasteiger partial charge is 0.338 e. The van der Waals surface area contributed by atoms with Gasteiger partial charge in [-0.15, -0.1) is 0 Å². The lowest BCUT2D eigenvalue weighted by molar-refractivity contribution is -0.173. The van der Waals surface area contributed by atoms with Gasteiger partial charge in [0.05, 0.1) is 12.0 Å². The summed E-state index contributed by atoms with van der Waals surface area (Å²) in [5.41, 5.74) is 0.503. The molecule has 1 aromatic rings. The van der Waals surface area contributed by atoms with E-state index in [1.807, 2.05) is 6.07 Å². The number of esters is 2. The lowest BCUT2D eigenvalue weighted by Crippen LogP contribution is -2.37. The van der Waals surface area contributed by atoms with E-state index in [9.17, 15) is 9.59 Å². The predicted molar refractivity (Wildman–Crippen MR) is 51.2 cm³/mol. The first-order valence-corrected chi connectivity index (χ1v) is 4.67. The molecular formula is C11H10O4. The van der Waals surface area contributed by atoms with Gasteiger partial charge in [-0.2, -0.15) is 0 Å². The Kier molecular flexibility index (Phi) is 2.67. The van der Waals surface area contributed by atoms with Crippen LogP contribution in [0.2, 0.25) is 0 Å². The van der Waals surface area contributed by atoms with Crippen molar-refractivity contribution in [3.05, 3.63) is 35.9 Å². The summed E-state index contributed by atoms with van der Waals surface area (Å²) in [5, 5.41) is 0. The third-order valence-corrected chi connectivity index (χ3v) is 2.10. The summed E-state index contributed by atoms with van der Waals surface area (Å²) in [7, 11) is 0. The second-order valence-electron chi connectivity index (χ2n) is 3.28. The van der Waals surface area contributed by atoms with Gasteiger partial charge in [0.1, 0.15) is 12.7 Å². The zero-order chi connectivity index (χ0) is 10.7. The van der Waals surface area contributed by atoms with Crippen molar-refractivity contribution in [1.82, 2.24) is 0 Å². The van der Waals surface area contributed by atoms with E-state index in [2.05, 4.69) is 0 Å². The summed E-state index contributed by atoms with van der Waals surface area (Å²) in [6.45, 7) is 0.138. The number of hydrogen-bond donors (Lipinski definition) is 0. The van der Waals surface area contributed by atoms with E-state index in [-0.39, 0.29) is 18.7 Å². The average molecular weight is 206 g/mol. The van der Waals surface area contributed by atoms with Gasteiger partial charge in [-0.3, -0.25) is 4.79 Å². The van der Waals surface area contributed by atoms with Crippen molar-refractivity contribution in [3.63, 3.8) is 0 Å². The Hall–Kier alpha value is -1.84. The summed E-state index contributed by atoms with van der Waals surface area (Å²) >= 11 is 0. The molecule has 1 aromatic carbocycles. The summed E-state index contributed by atoms with van der Waals surface area (Å²) < 4.78 is 9.67. The van der Waals surface area contributed by atoms with Gasteiger partial charge in [0.2, 0.25) is 0 Å². The Bertz CT molecular complexity index is 363. The molecule has 0 amide bonds. The first-order valence-electron chi connectivity index (χ1n) is 4.67. The molecule has 1 heterocycles. The maximum Gasteiger partial charge on any atom is 0.338 e. The minimum atomic E-state index is -0.390. The Morgan fingerprint density at radius 2 is 2.07 bits per heavy atom. The molecule has 1 fully saturated rings. The molecule has 15 heavy (non-hydrogen) atoms. The van der Waals surface area contributed by atoms with E-state index in [0.717, 1.165) is 0 Å². The topological polar surface area (TPSA) is 52.6 Å². The van der Waals surface area contributed by atoms with Crippen molar-refractivity contribution in [2.45, 2.75) is 12.5 Å². The quantitative estimate of drug-likeness (QED) is 0.696. The lowest BCUT2D eigenvalue weighted by Gasteiger charge is -2.24. The van der Waals surface area contributed by atoms with Gasteiger partial charge < -0.3 is 9.47 Å². The molecule has 0 saturated carbocycles. The van der Waals surface area contributed by atoms with Gasteiger partial charge >= 0.3 is 11.9 Å². The van der Waals surface area contributed by atoms with Crippen LogP contribution in [-0.4, -0.2) is 24.6 Å². The fourth-order valence-electron chi connectivity index (χ4n) is 1.28. The molecule has 78 valence electrons. The largest absolute Gasteiger partial charge is 0.458 e. The highest BCUT2D eigenvalue weighted by Crippen LogP contribution is 2.13. The Morgan fingerprint density at radius 3 is 2.67 bits per heavy atom. The first kappa shape index (κ1) is 9.71. The monoisotopic (exact) mass is 206 g/mol. The molecule has 0 radical (unpaired) electrons. The summed E-state index contributed by atoms with van der Waals surface area (Å²) in [5.74, 6) is -0.630. The summed E-state index contributed by atoms with van der Waals surface area (Å²) in [6, 6.07) is 8.70. The van der Waals surface area contributed by atoms with Crippen LogP contribution >= 0.6 is 0 Å². The van der Waals surface area contributed by atoms with Crippen LogP contribution in [0, 0.1) is 0 Å². The molecule has 0 aliphatic carbocycles. The molecule has 1 aliphatic heterocycles. The predicted octanol–water partition coefficient (Wildman–Crippen LogP) is 1.16. The van der Waals surface area contributed by atoms with Crippen molar-refractivity contribution >= 4 is 11.9 Å². The van der Waals surface area contributed by atoms with E-state index >= 15 is 0 Å². The van der Waals surface area contributed by atoms with Crippen molar-refractivity contribution < 1.29 is 19.1 Å². The van der Waals surface area contributed by atoms with Crippen LogP contribution in [0.1, 0.15) is 16.8 Å². The van der Waals surface area contributed by atoms with Crippen molar-refractivity contribution in [2.24, 2.45) is 0 Å². The molecule has 1 aliphatic rings. The molecule has 1 saturated heterocycles. The summed E-state index contributed by atoms with van der Waals surface area (Å²) in [4.78, 5) is 21.9. The number of rotatable bonds is 3. The van der Waals surface area contributed by atoms with Crippen LogP contribution in [0.15, 0.2) is 30.3 Å². The third-order valence-electron chi connectivity index (χ3n) is 2.10. The van der Waals surface area contributed by atoms with Gasteiger partial charge in [0.25, 0.3) is 0 Å². The molecule has 0 unspecified atom stereocenters. The second-order valence-corrected chi connectivity index (χ2v) is 3.28. The number of carbonyl (C=O) groups excluding carboxylic acids is 2. The maximum atomic E-state index is 11.4. The number of benzene rings is 1. The van der Waals surface area contributed by atoms with Gasteiger partial charge in [0.15, 0.2) is 0 Å². The van der Waals surface area contributed by atoms with Crippen LogP contribution in [0.4, 0.5) is 0 Å². The molecule has 0 N–H and O–H groups in total. The zero-order valence-corrected chi connectivity index (χ0v) is 8.01. The molecule has 0 spiro atoms. The molecular weight excluding hydrogens is 196 g/mol. The fraction of sp³-hybridized carbons (Fsp3) is 0.273. The fourth-order valence-corrected chi connectivity index (χ4v) is 1.28. The number of ether oxygens (including phenoxy) is 2. The minimum Gasteiger partial charge on any atom is -0.458 e. The maximum absolute atomic E-state index is 11.4. The molecule has 1 atom stereocenters. The first-order chi connectivity index (χ1) is 7.25. The second kappa shape index (κ2) is 4.13. The van der Waals surface area contributed by atoms with E-state index in [1.54, 1.807) is 24.3 Å². The van der Waals surface area contributed by atoms with Gasteiger partial charge in [-0.05, 0) is 12.1 Å². The SMILES string of the molecule is O=C1C[C@H](COC(=O)c2ccccc2)O1. The zero-order valence-electron chi connectivity index (χ0n) is 8.01. The van der Waals surface area contributed by atoms with E-state index in [1.165, 1.54) is 0 Å². The number of cyclic esters (lactones) is 1. The minimum absolute atomic E-state index is 0.138. The highest BCUT2D eigenvalue weighted by atomic mass is 16.6. The van der Waals surface area contributed by atoms with E-state index in [4.69, 9.17) is 9.47 Å². The highest BCUT2D eigenvalue weighted by molar-refractivity contribution is 5.89. The average Bonchev–Trinajstić information content (AvgIpc) is 2.23. The Morgan fingerprint density at radius 1 is 1.40 bits per heavy atom.